The fourth-order valence-corrected chi connectivity index (χ4v) is 2.72. The number of nitrogens with one attached hydrogen (secondary N) is 1. The number of carbonyl (C=O) groups is 1. The molecule has 0 aliphatic carbocycles. The first-order chi connectivity index (χ1) is 10.1. The van der Waals surface area contributed by atoms with E-state index in [1.165, 1.54) is 6.07 Å². The highest BCUT2D eigenvalue weighted by Gasteiger charge is 2.55. The molecule has 0 bridgehead atoms. The maximum atomic E-state index is 12.6. The first kappa shape index (κ1) is 19.1. The first-order valence-corrected chi connectivity index (χ1v) is 7.99. The van der Waals surface area contributed by atoms with Crippen LogP contribution in [0.3, 0.4) is 0 Å². The summed E-state index contributed by atoms with van der Waals surface area (Å²) in [4.78, 5) is 12.4. The van der Waals surface area contributed by atoms with Gasteiger partial charge in [0, 0.05) is 4.90 Å². The van der Waals surface area contributed by atoms with Gasteiger partial charge in [0.05, 0.1) is 10.7 Å². The molecule has 3 nitrogen and oxygen atoms in total. The van der Waals surface area contributed by atoms with E-state index in [1.54, 1.807) is 23.9 Å². The molecular formula is C14H17ClF3NO2S. The molecule has 8 heteroatoms. The molecule has 0 aromatic heterocycles. The molecule has 0 fully saturated rings. The van der Waals surface area contributed by atoms with Crippen LogP contribution >= 0.6 is 23.4 Å². The van der Waals surface area contributed by atoms with Crippen LogP contribution in [0.15, 0.2) is 23.1 Å². The van der Waals surface area contributed by atoms with Crippen molar-refractivity contribution in [2.75, 3.05) is 11.1 Å². The SMILES string of the molecule is CCCCSc1ccc(NC(=O)C(C)(O)C(F)(F)F)c(Cl)c1. The highest BCUT2D eigenvalue weighted by atomic mass is 35.5. The van der Waals surface area contributed by atoms with Crippen molar-refractivity contribution in [3.63, 3.8) is 0 Å². The summed E-state index contributed by atoms with van der Waals surface area (Å²) in [5.41, 5.74) is -3.46. The minimum Gasteiger partial charge on any atom is -0.373 e. The number of amides is 1. The van der Waals surface area contributed by atoms with E-state index >= 15 is 0 Å². The number of unbranched alkanes of at least 4 members (excludes halogenated alkanes) is 1. The lowest BCUT2D eigenvalue weighted by atomic mass is 10.1. The van der Waals surface area contributed by atoms with Gasteiger partial charge in [-0.25, -0.2) is 0 Å². The molecule has 0 saturated carbocycles. The van der Waals surface area contributed by atoms with E-state index in [0.29, 0.717) is 6.92 Å². The number of carbonyl (C=O) groups excluding carboxylic acids is 1. The van der Waals surface area contributed by atoms with Crippen LogP contribution in [0.25, 0.3) is 0 Å². The van der Waals surface area contributed by atoms with Crippen molar-refractivity contribution in [2.45, 2.75) is 43.4 Å². The maximum Gasteiger partial charge on any atom is 0.426 e. The molecule has 2 N–H and O–H groups in total. The van der Waals surface area contributed by atoms with Crippen LogP contribution in [0.2, 0.25) is 5.02 Å². The second-order valence-electron chi connectivity index (χ2n) is 4.87. The van der Waals surface area contributed by atoms with Gasteiger partial charge in [0.25, 0.3) is 5.91 Å². The number of hydrogen-bond donors (Lipinski definition) is 2. The Morgan fingerprint density at radius 2 is 2.05 bits per heavy atom. The van der Waals surface area contributed by atoms with E-state index in [9.17, 15) is 23.1 Å². The molecule has 0 heterocycles. The summed E-state index contributed by atoms with van der Waals surface area (Å²) < 4.78 is 37.7. The Balaban J connectivity index is 2.80. The zero-order chi connectivity index (χ0) is 17.0. The fourth-order valence-electron chi connectivity index (χ4n) is 1.39. The topological polar surface area (TPSA) is 49.3 Å². The van der Waals surface area contributed by atoms with Crippen molar-refractivity contribution < 1.29 is 23.1 Å². The van der Waals surface area contributed by atoms with Gasteiger partial charge in [-0.2, -0.15) is 13.2 Å². The molecule has 1 aromatic rings. The van der Waals surface area contributed by atoms with Crippen molar-refractivity contribution in [1.82, 2.24) is 0 Å². The Labute approximate surface area is 136 Å². The smallest absolute Gasteiger partial charge is 0.373 e. The van der Waals surface area contributed by atoms with Gasteiger partial charge in [-0.3, -0.25) is 4.79 Å². The summed E-state index contributed by atoms with van der Waals surface area (Å²) in [6.45, 7) is 2.46. The van der Waals surface area contributed by atoms with E-state index in [2.05, 4.69) is 6.92 Å². The standard InChI is InChI=1S/C14H17ClF3NO2S/c1-3-4-7-22-9-5-6-11(10(15)8-9)19-12(20)13(2,21)14(16,17)18/h5-6,8,21H,3-4,7H2,1-2H3,(H,19,20). The molecule has 1 atom stereocenters. The fraction of sp³-hybridized carbons (Fsp3) is 0.500. The Morgan fingerprint density at radius 3 is 2.55 bits per heavy atom. The van der Waals surface area contributed by atoms with Crippen LogP contribution in [-0.4, -0.2) is 28.5 Å². The van der Waals surface area contributed by atoms with Gasteiger partial charge < -0.3 is 10.4 Å². The number of halogens is 4. The van der Waals surface area contributed by atoms with Crippen molar-refractivity contribution in [2.24, 2.45) is 0 Å². The molecule has 0 spiro atoms. The van der Waals surface area contributed by atoms with E-state index in [-0.39, 0.29) is 10.7 Å². The number of anilines is 1. The lowest BCUT2D eigenvalue weighted by Crippen LogP contribution is -2.52. The average molecular weight is 356 g/mol. The van der Waals surface area contributed by atoms with Crippen molar-refractivity contribution >= 4 is 35.0 Å². The number of rotatable bonds is 6. The van der Waals surface area contributed by atoms with Crippen molar-refractivity contribution in [3.8, 4) is 0 Å². The molecule has 1 rings (SSSR count). The minimum atomic E-state index is -5.07. The number of hydrogen-bond acceptors (Lipinski definition) is 3. The Hall–Kier alpha value is -0.920. The zero-order valence-corrected chi connectivity index (χ0v) is 13.7. The van der Waals surface area contributed by atoms with Crippen LogP contribution in [0.5, 0.6) is 0 Å². The Bertz CT molecular complexity index is 535. The second-order valence-corrected chi connectivity index (χ2v) is 6.44. The number of benzene rings is 1. The summed E-state index contributed by atoms with van der Waals surface area (Å²) >= 11 is 7.53. The lowest BCUT2D eigenvalue weighted by Gasteiger charge is -2.25. The maximum absolute atomic E-state index is 12.6. The molecule has 0 aliphatic rings. The normalized spacial score (nSPS) is 14.5. The molecule has 0 radical (unpaired) electrons. The lowest BCUT2D eigenvalue weighted by molar-refractivity contribution is -0.242. The van der Waals surface area contributed by atoms with Crippen LogP contribution in [0, 0.1) is 0 Å². The third-order valence-electron chi connectivity index (χ3n) is 2.95. The summed E-state index contributed by atoms with van der Waals surface area (Å²) in [5, 5.41) is 11.4. The molecule has 1 unspecified atom stereocenters. The number of alkyl halides is 3. The predicted molar refractivity (Wildman–Crippen MR) is 82.4 cm³/mol. The summed E-state index contributed by atoms with van der Waals surface area (Å²) in [5.74, 6) is -0.672. The molecule has 22 heavy (non-hydrogen) atoms. The summed E-state index contributed by atoms with van der Waals surface area (Å²) in [6, 6.07) is 4.64. The van der Waals surface area contributed by atoms with E-state index in [0.717, 1.165) is 23.5 Å². The largest absolute Gasteiger partial charge is 0.426 e. The van der Waals surface area contributed by atoms with Crippen LogP contribution in [-0.2, 0) is 4.79 Å². The molecule has 1 amide bonds. The van der Waals surface area contributed by atoms with E-state index < -0.39 is 17.7 Å². The van der Waals surface area contributed by atoms with Gasteiger partial charge >= 0.3 is 6.18 Å². The highest BCUT2D eigenvalue weighted by Crippen LogP contribution is 2.33. The number of aliphatic hydroxyl groups is 1. The molecule has 0 saturated heterocycles. The molecule has 1 aromatic carbocycles. The summed E-state index contributed by atoms with van der Waals surface area (Å²) in [6.07, 6.45) is -2.98. The van der Waals surface area contributed by atoms with E-state index in [4.69, 9.17) is 11.6 Å². The monoisotopic (exact) mass is 355 g/mol. The highest BCUT2D eigenvalue weighted by molar-refractivity contribution is 7.99. The van der Waals surface area contributed by atoms with Gasteiger partial charge in [-0.1, -0.05) is 24.9 Å². The quantitative estimate of drug-likeness (QED) is 0.584. The van der Waals surface area contributed by atoms with Crippen LogP contribution < -0.4 is 5.32 Å². The van der Waals surface area contributed by atoms with Crippen LogP contribution in [0.1, 0.15) is 26.7 Å². The third-order valence-corrected chi connectivity index (χ3v) is 4.34. The molecule has 124 valence electrons. The third kappa shape index (κ3) is 4.79. The summed E-state index contributed by atoms with van der Waals surface area (Å²) in [7, 11) is 0. The van der Waals surface area contributed by atoms with Crippen molar-refractivity contribution in [1.29, 1.82) is 0 Å². The minimum absolute atomic E-state index is 0.0241. The van der Waals surface area contributed by atoms with E-state index in [1.807, 2.05) is 5.32 Å². The van der Waals surface area contributed by atoms with Gasteiger partial charge in [-0.05, 0) is 37.3 Å². The molecule has 0 aliphatic heterocycles. The molecular weight excluding hydrogens is 339 g/mol. The van der Waals surface area contributed by atoms with Gasteiger partial charge in [0.15, 0.2) is 0 Å². The Kier molecular flexibility index (Phi) is 6.58. The predicted octanol–water partition coefficient (Wildman–Crippen LogP) is 4.48. The second kappa shape index (κ2) is 7.57. The average Bonchev–Trinajstić information content (AvgIpc) is 2.40. The Morgan fingerprint density at radius 1 is 1.41 bits per heavy atom. The number of thioether (sulfide) groups is 1. The van der Waals surface area contributed by atoms with Gasteiger partial charge in [0.1, 0.15) is 0 Å². The first-order valence-electron chi connectivity index (χ1n) is 6.62. The van der Waals surface area contributed by atoms with Gasteiger partial charge in [0.2, 0.25) is 5.60 Å². The van der Waals surface area contributed by atoms with Crippen LogP contribution in [0.4, 0.5) is 18.9 Å². The van der Waals surface area contributed by atoms with Gasteiger partial charge in [-0.15, -0.1) is 11.8 Å². The van der Waals surface area contributed by atoms with Crippen molar-refractivity contribution in [3.05, 3.63) is 23.2 Å². The zero-order valence-electron chi connectivity index (χ0n) is 12.1.